The van der Waals surface area contributed by atoms with Gasteiger partial charge < -0.3 is 0 Å². The first-order valence-corrected chi connectivity index (χ1v) is 28.3. The molecule has 0 N–H and O–H groups in total. The van der Waals surface area contributed by atoms with E-state index in [2.05, 4.69) is 203 Å². The predicted molar refractivity (Wildman–Crippen MR) is 262 cm³/mol. The Kier molecular flexibility index (Phi) is 13.2. The fourth-order valence-electron chi connectivity index (χ4n) is 10.2. The fourth-order valence-corrected chi connectivity index (χ4v) is 27.7. The molecule has 0 aromatic heterocycles. The van der Waals surface area contributed by atoms with Gasteiger partial charge in [0, 0.05) is 0 Å². The molecule has 2 aliphatic carbocycles. The van der Waals surface area contributed by atoms with Gasteiger partial charge in [0.1, 0.15) is 0 Å². The van der Waals surface area contributed by atoms with Gasteiger partial charge in [0.25, 0.3) is 0 Å². The van der Waals surface area contributed by atoms with E-state index in [-0.39, 0.29) is 51.9 Å². The normalized spacial score (nSPS) is 16.4. The van der Waals surface area contributed by atoms with Crippen molar-refractivity contribution in [2.24, 2.45) is 11.3 Å². The molecule has 0 bridgehead atoms. The average Bonchev–Trinajstić information content (AvgIpc) is 3.68. The summed E-state index contributed by atoms with van der Waals surface area (Å²) in [6.07, 6.45) is 5.70. The molecule has 4 aromatic rings. The third-order valence-corrected chi connectivity index (χ3v) is 30.2. The molecule has 0 fully saturated rings. The molecule has 0 heterocycles. The van der Waals surface area contributed by atoms with E-state index in [0.717, 1.165) is 19.3 Å². The van der Waals surface area contributed by atoms with Crippen LogP contribution in [0.4, 0.5) is 0 Å². The van der Waals surface area contributed by atoms with Crippen LogP contribution < -0.4 is 9.81 Å². The van der Waals surface area contributed by atoms with Crippen molar-refractivity contribution in [3.05, 3.63) is 133 Å². The summed E-state index contributed by atoms with van der Waals surface area (Å²) in [7, 11) is 0. The number of benzene rings is 4. The molecule has 4 aromatic carbocycles. The molecule has 2 aliphatic rings. The van der Waals surface area contributed by atoms with Crippen molar-refractivity contribution in [2.75, 3.05) is 0 Å². The van der Waals surface area contributed by atoms with Crippen molar-refractivity contribution in [3.63, 3.8) is 0 Å². The van der Waals surface area contributed by atoms with Crippen LogP contribution in [0.15, 0.2) is 99.4 Å². The zero-order valence-electron chi connectivity index (χ0n) is 39.3. The van der Waals surface area contributed by atoms with Gasteiger partial charge in [-0.2, -0.15) is 0 Å². The Morgan fingerprint density at radius 2 is 0.966 bits per heavy atom. The van der Waals surface area contributed by atoms with E-state index in [9.17, 15) is 0 Å². The van der Waals surface area contributed by atoms with Crippen molar-refractivity contribution in [1.29, 1.82) is 0 Å². The molecule has 0 saturated carbocycles. The van der Waals surface area contributed by atoms with E-state index < -0.39 is 18.3 Å². The molecule has 1 atom stereocenters. The SMILES string of the molecule is Cl.Cl.[CH2]=[Zr]([C]1=C(CC)C(C(C)(C)C)=CC1CC)([c]1ccc(C(C)(C)C)cc1)([c]1ccc(C(C)(C)C)cc1)[c]1cc(C(C)(C)C)cc2c1Cc1ccc(C(C)(C)C)cc1-2. The van der Waals surface area contributed by atoms with Gasteiger partial charge in [0.2, 0.25) is 0 Å². The van der Waals surface area contributed by atoms with Gasteiger partial charge in [-0.1, -0.05) is 0 Å². The second-order valence-electron chi connectivity index (χ2n) is 22.8. The molecule has 6 rings (SSSR count). The Balaban J connectivity index is 0.00000372. The van der Waals surface area contributed by atoms with E-state index in [0.29, 0.717) is 5.92 Å². The molecular weight excluding hydrogens is 823 g/mol. The predicted octanol–water partition coefficient (Wildman–Crippen LogP) is 14.4. The number of hydrogen-bond acceptors (Lipinski definition) is 0. The van der Waals surface area contributed by atoms with E-state index in [4.69, 9.17) is 4.21 Å². The van der Waals surface area contributed by atoms with Crippen LogP contribution in [0.25, 0.3) is 11.1 Å². The summed E-state index contributed by atoms with van der Waals surface area (Å²) in [5, 5.41) is 0. The summed E-state index contributed by atoms with van der Waals surface area (Å²) < 4.78 is 12.3. The van der Waals surface area contributed by atoms with Crippen molar-refractivity contribution in [2.45, 2.75) is 159 Å². The van der Waals surface area contributed by atoms with E-state index >= 15 is 0 Å². The molecular formula is C55H76Cl2Zr. The molecule has 58 heavy (non-hydrogen) atoms. The Bertz CT molecular complexity index is 2230. The molecule has 0 amide bonds. The van der Waals surface area contributed by atoms with E-state index in [1.165, 1.54) is 56.6 Å². The maximum atomic E-state index is 6.13. The number of fused-ring (bicyclic) bond motifs is 3. The van der Waals surface area contributed by atoms with Crippen LogP contribution in [0.3, 0.4) is 0 Å². The van der Waals surface area contributed by atoms with Gasteiger partial charge in [-0.25, -0.2) is 0 Å². The number of halogens is 2. The van der Waals surface area contributed by atoms with Gasteiger partial charge in [0.15, 0.2) is 0 Å². The summed E-state index contributed by atoms with van der Waals surface area (Å²) in [5.41, 5.74) is 14.6. The molecule has 0 radical (unpaired) electrons. The first kappa shape index (κ1) is 48.4. The minimum atomic E-state index is -5.26. The van der Waals surface area contributed by atoms with Crippen molar-refractivity contribution in [1.82, 2.24) is 0 Å². The molecule has 0 saturated heterocycles. The van der Waals surface area contributed by atoms with Crippen molar-refractivity contribution >= 4 is 38.8 Å². The minimum absolute atomic E-state index is 0. The molecule has 0 spiro atoms. The van der Waals surface area contributed by atoms with Crippen molar-refractivity contribution in [3.8, 4) is 11.1 Å². The zero-order chi connectivity index (χ0) is 41.6. The third kappa shape index (κ3) is 7.98. The molecule has 314 valence electrons. The van der Waals surface area contributed by atoms with Gasteiger partial charge >= 0.3 is 346 Å². The molecule has 0 aliphatic heterocycles. The summed E-state index contributed by atoms with van der Waals surface area (Å²) in [5.74, 6) is 0.317. The van der Waals surface area contributed by atoms with Gasteiger partial charge in [-0.05, 0) is 0 Å². The maximum absolute atomic E-state index is 6.13. The Morgan fingerprint density at radius 1 is 0.534 bits per heavy atom. The van der Waals surface area contributed by atoms with Crippen LogP contribution in [0, 0.1) is 11.3 Å². The van der Waals surface area contributed by atoms with Crippen LogP contribution in [0.1, 0.15) is 164 Å². The second-order valence-corrected chi connectivity index (χ2v) is 35.5. The van der Waals surface area contributed by atoms with Gasteiger partial charge in [-0.3, -0.25) is 0 Å². The topological polar surface area (TPSA) is 0 Å². The Hall–Kier alpha value is -2.31. The standard InChI is InChI=1S/C21H25.C13H21.2C10H13.CH2.2ClH.Zr/c1-20(2,3)16-9-7-14-11-15-8-10-17(21(4,5)6)13-19(15)18(14)12-16;1-6-10-8-11(7-2)12(9-10)13(3,4)5;2*1-10(2,3)9-7-5-4-6-8-9;;;;/h7,9-10,12-13H,11H2,1-6H3;9-10H,6-7H2,1-5H3;2*5-8H,1-3H3;1H2;2*1H;. The fraction of sp³-hybridized carbons (Fsp3) is 0.473. The summed E-state index contributed by atoms with van der Waals surface area (Å²) in [6, 6.07) is 32.7. The van der Waals surface area contributed by atoms with E-state index in [1.807, 2.05) is 0 Å². The second kappa shape index (κ2) is 15.9. The quantitative estimate of drug-likeness (QED) is 0.159. The number of allylic oxidation sites excluding steroid dienone is 4. The number of hydrogen-bond donors (Lipinski definition) is 0. The van der Waals surface area contributed by atoms with Crippen LogP contribution in [-0.2, 0) is 46.4 Å². The number of rotatable bonds is 6. The van der Waals surface area contributed by atoms with Gasteiger partial charge in [-0.15, -0.1) is 24.8 Å². The summed E-state index contributed by atoms with van der Waals surface area (Å²) in [6.45, 7) is 40.4. The summed E-state index contributed by atoms with van der Waals surface area (Å²) >= 11 is -5.26. The molecule has 3 heteroatoms. The van der Waals surface area contributed by atoms with E-state index in [1.54, 1.807) is 12.1 Å². The Morgan fingerprint density at radius 3 is 1.36 bits per heavy atom. The molecule has 0 nitrogen and oxygen atoms in total. The van der Waals surface area contributed by atoms with Crippen LogP contribution in [0.2, 0.25) is 0 Å². The Labute approximate surface area is 368 Å². The first-order chi connectivity index (χ1) is 25.7. The third-order valence-electron chi connectivity index (χ3n) is 13.7. The monoisotopic (exact) mass is 896 g/mol. The average molecular weight is 899 g/mol. The van der Waals surface area contributed by atoms with Crippen LogP contribution in [-0.4, -0.2) is 4.21 Å². The molecule has 1 unspecified atom stereocenters. The summed E-state index contributed by atoms with van der Waals surface area (Å²) in [4.78, 5) is 0. The van der Waals surface area contributed by atoms with Gasteiger partial charge in [0.05, 0.1) is 0 Å². The zero-order valence-corrected chi connectivity index (χ0v) is 43.4. The van der Waals surface area contributed by atoms with Crippen LogP contribution >= 0.6 is 24.8 Å². The first-order valence-electron chi connectivity index (χ1n) is 21.7. The van der Waals surface area contributed by atoms with Crippen LogP contribution in [0.5, 0.6) is 0 Å². The van der Waals surface area contributed by atoms with Crippen molar-refractivity contribution < 1.29 is 18.3 Å².